The third-order valence-electron chi connectivity index (χ3n) is 4.57. The van der Waals surface area contributed by atoms with Gasteiger partial charge in [-0.05, 0) is 73.2 Å². The molecule has 0 bridgehead atoms. The minimum absolute atomic E-state index is 0.0772. The predicted octanol–water partition coefficient (Wildman–Crippen LogP) is 4.51. The molecule has 0 aliphatic heterocycles. The molecule has 1 atom stereocenters. The van der Waals surface area contributed by atoms with E-state index in [0.717, 1.165) is 10.0 Å². The normalized spacial score (nSPS) is 12.0. The molecule has 1 unspecified atom stereocenters. The summed E-state index contributed by atoms with van der Waals surface area (Å²) in [6, 6.07) is 19.9. The summed E-state index contributed by atoms with van der Waals surface area (Å²) in [4.78, 5) is 12.3. The molecule has 1 amide bonds. The van der Waals surface area contributed by atoms with Crippen molar-refractivity contribution in [2.24, 2.45) is 0 Å². The quantitative estimate of drug-likeness (QED) is 0.434. The summed E-state index contributed by atoms with van der Waals surface area (Å²) in [6.07, 6.45) is 0. The number of rotatable bonds is 9. The van der Waals surface area contributed by atoms with E-state index in [9.17, 15) is 13.2 Å². The van der Waals surface area contributed by atoms with Crippen LogP contribution in [0.2, 0.25) is 0 Å². The van der Waals surface area contributed by atoms with Crippen LogP contribution in [0.3, 0.4) is 0 Å². The lowest BCUT2D eigenvalue weighted by atomic mass is 10.1. The molecule has 168 valence electrons. The van der Waals surface area contributed by atoms with Gasteiger partial charge in [-0.3, -0.25) is 9.52 Å². The highest BCUT2D eigenvalue weighted by molar-refractivity contribution is 9.10. The number of anilines is 1. The SMILES string of the molecule is COc1ccc(NS(=O)(=O)c2ccc(OCC(=O)NC(C)c3cccc(Br)c3)cc2)cc1. The summed E-state index contributed by atoms with van der Waals surface area (Å²) >= 11 is 3.41. The van der Waals surface area contributed by atoms with Crippen molar-refractivity contribution in [3.63, 3.8) is 0 Å². The second-order valence-electron chi connectivity index (χ2n) is 6.94. The standard InChI is InChI=1S/C23H23BrN2O5S/c1-16(17-4-3-5-18(24)14-17)25-23(27)15-31-21-10-12-22(13-11-21)32(28,29)26-19-6-8-20(30-2)9-7-19/h3-14,16,26H,15H2,1-2H3,(H,25,27). The van der Waals surface area contributed by atoms with Crippen LogP contribution in [-0.2, 0) is 14.8 Å². The number of sulfonamides is 1. The summed E-state index contributed by atoms with van der Waals surface area (Å²) in [5, 5.41) is 2.87. The van der Waals surface area contributed by atoms with E-state index >= 15 is 0 Å². The van der Waals surface area contributed by atoms with E-state index in [-0.39, 0.29) is 23.5 Å². The van der Waals surface area contributed by atoms with Gasteiger partial charge in [0.2, 0.25) is 0 Å². The Balaban J connectivity index is 1.55. The Bertz CT molecular complexity index is 1170. The number of hydrogen-bond acceptors (Lipinski definition) is 5. The van der Waals surface area contributed by atoms with Crippen LogP contribution in [0.25, 0.3) is 0 Å². The number of methoxy groups -OCH3 is 1. The first-order valence-corrected chi connectivity index (χ1v) is 12.0. The third-order valence-corrected chi connectivity index (χ3v) is 6.46. The van der Waals surface area contributed by atoms with Crippen molar-refractivity contribution in [2.75, 3.05) is 18.4 Å². The average molecular weight is 519 g/mol. The van der Waals surface area contributed by atoms with Gasteiger partial charge in [-0.2, -0.15) is 0 Å². The van der Waals surface area contributed by atoms with Crippen molar-refractivity contribution in [3.8, 4) is 11.5 Å². The first kappa shape index (κ1) is 23.6. The highest BCUT2D eigenvalue weighted by Gasteiger charge is 2.15. The Hall–Kier alpha value is -3.04. The van der Waals surface area contributed by atoms with Crippen molar-refractivity contribution in [1.29, 1.82) is 0 Å². The number of hydrogen-bond donors (Lipinski definition) is 2. The second kappa shape index (κ2) is 10.5. The Kier molecular flexibility index (Phi) is 7.76. The molecule has 3 aromatic rings. The summed E-state index contributed by atoms with van der Waals surface area (Å²) in [5.41, 5.74) is 1.38. The molecule has 0 saturated carbocycles. The number of halogens is 1. The van der Waals surface area contributed by atoms with Gasteiger partial charge in [0.05, 0.1) is 18.0 Å². The summed E-state index contributed by atoms with van der Waals surface area (Å²) in [6.45, 7) is 1.70. The Morgan fingerprint density at radius 3 is 2.28 bits per heavy atom. The first-order chi connectivity index (χ1) is 15.3. The molecule has 3 aromatic carbocycles. The summed E-state index contributed by atoms with van der Waals surface area (Å²) in [5.74, 6) is 0.735. The molecule has 0 saturated heterocycles. The largest absolute Gasteiger partial charge is 0.497 e. The molecule has 0 aliphatic rings. The lowest BCUT2D eigenvalue weighted by Gasteiger charge is -2.15. The van der Waals surface area contributed by atoms with Crippen LogP contribution in [0.4, 0.5) is 5.69 Å². The fourth-order valence-corrected chi connectivity index (χ4v) is 4.36. The topological polar surface area (TPSA) is 93.7 Å². The molecule has 7 nitrogen and oxygen atoms in total. The molecule has 3 rings (SSSR count). The molecular formula is C23H23BrN2O5S. The van der Waals surface area contributed by atoms with E-state index < -0.39 is 10.0 Å². The molecular weight excluding hydrogens is 496 g/mol. The van der Waals surface area contributed by atoms with Crippen LogP contribution in [-0.4, -0.2) is 28.0 Å². The van der Waals surface area contributed by atoms with E-state index in [1.54, 1.807) is 24.3 Å². The molecule has 0 radical (unpaired) electrons. The van der Waals surface area contributed by atoms with Crippen molar-refractivity contribution in [1.82, 2.24) is 5.32 Å². The van der Waals surface area contributed by atoms with Crippen LogP contribution in [0, 0.1) is 0 Å². The molecule has 0 spiro atoms. The van der Waals surface area contributed by atoms with E-state index in [4.69, 9.17) is 9.47 Å². The van der Waals surface area contributed by atoms with Crippen LogP contribution in [0.1, 0.15) is 18.5 Å². The zero-order valence-corrected chi connectivity index (χ0v) is 19.9. The zero-order valence-electron chi connectivity index (χ0n) is 17.5. The van der Waals surface area contributed by atoms with E-state index in [1.807, 2.05) is 31.2 Å². The molecule has 32 heavy (non-hydrogen) atoms. The molecule has 0 aliphatic carbocycles. The fourth-order valence-electron chi connectivity index (χ4n) is 2.88. The van der Waals surface area contributed by atoms with Crippen LogP contribution >= 0.6 is 15.9 Å². The number of benzene rings is 3. The van der Waals surface area contributed by atoms with Gasteiger partial charge in [0.15, 0.2) is 6.61 Å². The maximum absolute atomic E-state index is 12.6. The maximum Gasteiger partial charge on any atom is 0.261 e. The van der Waals surface area contributed by atoms with Crippen molar-refractivity contribution < 1.29 is 22.7 Å². The number of carbonyl (C=O) groups is 1. The monoisotopic (exact) mass is 518 g/mol. The van der Waals surface area contributed by atoms with Gasteiger partial charge in [0.1, 0.15) is 11.5 Å². The smallest absolute Gasteiger partial charge is 0.261 e. The highest BCUT2D eigenvalue weighted by atomic mass is 79.9. The van der Waals surface area contributed by atoms with Gasteiger partial charge >= 0.3 is 0 Å². The lowest BCUT2D eigenvalue weighted by Crippen LogP contribution is -2.31. The zero-order chi connectivity index (χ0) is 23.1. The van der Waals surface area contributed by atoms with Crippen molar-refractivity contribution in [3.05, 3.63) is 82.8 Å². The molecule has 9 heteroatoms. The van der Waals surface area contributed by atoms with Gasteiger partial charge in [0, 0.05) is 10.2 Å². The van der Waals surface area contributed by atoms with Crippen LogP contribution < -0.4 is 19.5 Å². The minimum atomic E-state index is -3.76. The molecule has 0 fully saturated rings. The van der Waals surface area contributed by atoms with Crippen LogP contribution in [0.15, 0.2) is 82.2 Å². The highest BCUT2D eigenvalue weighted by Crippen LogP contribution is 2.21. The van der Waals surface area contributed by atoms with Crippen molar-refractivity contribution in [2.45, 2.75) is 17.9 Å². The number of carbonyl (C=O) groups excluding carboxylic acids is 1. The lowest BCUT2D eigenvalue weighted by molar-refractivity contribution is -0.123. The van der Waals surface area contributed by atoms with Gasteiger partial charge in [-0.25, -0.2) is 8.42 Å². The van der Waals surface area contributed by atoms with Gasteiger partial charge in [-0.15, -0.1) is 0 Å². The van der Waals surface area contributed by atoms with E-state index in [1.165, 1.54) is 31.4 Å². The second-order valence-corrected chi connectivity index (χ2v) is 9.54. The van der Waals surface area contributed by atoms with Gasteiger partial charge in [0.25, 0.3) is 15.9 Å². The predicted molar refractivity (Wildman–Crippen MR) is 126 cm³/mol. The summed E-state index contributed by atoms with van der Waals surface area (Å²) < 4.78 is 39.1. The third kappa shape index (κ3) is 6.48. The average Bonchev–Trinajstić information content (AvgIpc) is 2.78. The van der Waals surface area contributed by atoms with Crippen molar-refractivity contribution >= 4 is 37.5 Å². The van der Waals surface area contributed by atoms with Gasteiger partial charge < -0.3 is 14.8 Å². The van der Waals surface area contributed by atoms with E-state index in [2.05, 4.69) is 26.0 Å². The fraction of sp³-hybridized carbons (Fsp3) is 0.174. The Morgan fingerprint density at radius 2 is 1.66 bits per heavy atom. The number of nitrogens with one attached hydrogen (secondary N) is 2. The summed E-state index contributed by atoms with van der Waals surface area (Å²) in [7, 11) is -2.22. The Morgan fingerprint density at radius 1 is 1.00 bits per heavy atom. The molecule has 0 heterocycles. The number of ether oxygens (including phenoxy) is 2. The maximum atomic E-state index is 12.6. The van der Waals surface area contributed by atoms with E-state index in [0.29, 0.717) is 17.2 Å². The van der Waals surface area contributed by atoms with Gasteiger partial charge in [-0.1, -0.05) is 28.1 Å². The van der Waals surface area contributed by atoms with Crippen LogP contribution in [0.5, 0.6) is 11.5 Å². The molecule has 2 N–H and O–H groups in total. The minimum Gasteiger partial charge on any atom is -0.497 e. The first-order valence-electron chi connectivity index (χ1n) is 9.71. The Labute approximate surface area is 195 Å². The molecule has 0 aromatic heterocycles. The number of amides is 1.